The predicted molar refractivity (Wildman–Crippen MR) is 244 cm³/mol. The number of para-hydroxylation sites is 6. The smallest absolute Gasteiger partial charge is 0.0641 e. The van der Waals surface area contributed by atoms with Gasteiger partial charge in [0, 0.05) is 64.6 Å². The lowest BCUT2D eigenvalue weighted by atomic mass is 10.0. The second-order valence-corrected chi connectivity index (χ2v) is 16.0. The maximum Gasteiger partial charge on any atom is 0.0641 e. The quantitative estimate of drug-likeness (QED) is 0.168. The topological polar surface area (TPSA) is 18.7 Å². The van der Waals surface area contributed by atoms with Crippen LogP contribution in [0.3, 0.4) is 0 Å². The van der Waals surface area contributed by atoms with Crippen molar-refractivity contribution in [3.63, 3.8) is 0 Å². The second kappa shape index (κ2) is 10.1. The SMILES string of the molecule is c1ccc2c(c1)c1ccccc1n2-c1ccc2c3cc4c(cc3n3c5ccccc5c1c23)c1ccc(-n2c3ccccc3c3ccccc32)c2c3ccccc3n4c12. The highest BCUT2D eigenvalue weighted by Crippen LogP contribution is 2.48. The molecule has 0 spiro atoms. The van der Waals surface area contributed by atoms with E-state index in [1.807, 2.05) is 0 Å². The Morgan fingerprint density at radius 2 is 0.534 bits per heavy atom. The van der Waals surface area contributed by atoms with Crippen molar-refractivity contribution in [1.29, 1.82) is 0 Å². The van der Waals surface area contributed by atoms with Crippen LogP contribution in [0.4, 0.5) is 0 Å². The second-order valence-electron chi connectivity index (χ2n) is 16.0. The number of hydrogen-bond donors (Lipinski definition) is 0. The van der Waals surface area contributed by atoms with Crippen molar-refractivity contribution in [2.45, 2.75) is 0 Å². The largest absolute Gasteiger partial charge is 0.309 e. The molecule has 15 aromatic rings. The molecule has 0 saturated carbocycles. The number of aromatic nitrogens is 4. The molecule has 58 heavy (non-hydrogen) atoms. The van der Waals surface area contributed by atoms with E-state index in [-0.39, 0.29) is 0 Å². The molecule has 0 aliphatic heterocycles. The minimum atomic E-state index is 1.22. The molecular formula is C54H30N4. The molecular weight excluding hydrogens is 705 g/mol. The summed E-state index contributed by atoms with van der Waals surface area (Å²) in [4.78, 5) is 0. The molecule has 0 radical (unpaired) electrons. The van der Waals surface area contributed by atoms with Crippen LogP contribution in [0.1, 0.15) is 0 Å². The van der Waals surface area contributed by atoms with Crippen LogP contribution in [-0.4, -0.2) is 17.9 Å². The molecule has 4 heteroatoms. The molecule has 266 valence electrons. The Kier molecular flexibility index (Phi) is 5.14. The van der Waals surface area contributed by atoms with Gasteiger partial charge < -0.3 is 17.9 Å². The summed E-state index contributed by atoms with van der Waals surface area (Å²) in [7, 11) is 0. The van der Waals surface area contributed by atoms with Crippen LogP contribution in [0.15, 0.2) is 182 Å². The summed E-state index contributed by atoms with van der Waals surface area (Å²) in [6.45, 7) is 0. The van der Waals surface area contributed by atoms with E-state index in [1.165, 1.54) is 131 Å². The van der Waals surface area contributed by atoms with Gasteiger partial charge in [-0.05, 0) is 60.7 Å². The predicted octanol–water partition coefficient (Wildman–Crippen LogP) is 14.2. The van der Waals surface area contributed by atoms with E-state index < -0.39 is 0 Å². The van der Waals surface area contributed by atoms with Gasteiger partial charge >= 0.3 is 0 Å². The minimum Gasteiger partial charge on any atom is -0.309 e. The number of benzene rings is 9. The molecule has 15 rings (SSSR count). The van der Waals surface area contributed by atoms with Gasteiger partial charge in [-0.2, -0.15) is 0 Å². The van der Waals surface area contributed by atoms with Gasteiger partial charge in [0.15, 0.2) is 0 Å². The van der Waals surface area contributed by atoms with Crippen LogP contribution in [0.2, 0.25) is 0 Å². The molecule has 0 aliphatic carbocycles. The molecule has 0 amide bonds. The van der Waals surface area contributed by atoms with Gasteiger partial charge in [0.05, 0.1) is 66.5 Å². The van der Waals surface area contributed by atoms with Gasteiger partial charge in [-0.15, -0.1) is 0 Å². The highest BCUT2D eigenvalue weighted by atomic mass is 15.0. The Morgan fingerprint density at radius 1 is 0.224 bits per heavy atom. The Balaban J connectivity index is 1.09. The summed E-state index contributed by atoms with van der Waals surface area (Å²) >= 11 is 0. The van der Waals surface area contributed by atoms with Gasteiger partial charge in [0.25, 0.3) is 0 Å². The van der Waals surface area contributed by atoms with Crippen LogP contribution in [0.25, 0.3) is 131 Å². The molecule has 6 aromatic heterocycles. The van der Waals surface area contributed by atoms with Crippen molar-refractivity contribution in [3.05, 3.63) is 182 Å². The minimum absolute atomic E-state index is 1.22. The van der Waals surface area contributed by atoms with Gasteiger partial charge in [0.2, 0.25) is 0 Å². The van der Waals surface area contributed by atoms with Crippen LogP contribution < -0.4 is 0 Å². The first kappa shape index (κ1) is 29.5. The first-order valence-electron chi connectivity index (χ1n) is 20.1. The monoisotopic (exact) mass is 734 g/mol. The number of rotatable bonds is 2. The first-order chi connectivity index (χ1) is 28.8. The molecule has 0 bridgehead atoms. The van der Waals surface area contributed by atoms with Crippen molar-refractivity contribution in [2.75, 3.05) is 0 Å². The third-order valence-corrected chi connectivity index (χ3v) is 13.4. The van der Waals surface area contributed by atoms with E-state index in [1.54, 1.807) is 0 Å². The van der Waals surface area contributed by atoms with E-state index in [0.29, 0.717) is 0 Å². The number of fused-ring (bicyclic) bond motifs is 18. The number of nitrogens with zero attached hydrogens (tertiary/aromatic N) is 4. The average Bonchev–Trinajstić information content (AvgIpc) is 4.11. The van der Waals surface area contributed by atoms with Crippen molar-refractivity contribution in [3.8, 4) is 11.4 Å². The fraction of sp³-hybridized carbons (Fsp3) is 0. The van der Waals surface area contributed by atoms with E-state index in [9.17, 15) is 0 Å². The molecule has 0 aliphatic rings. The summed E-state index contributed by atoms with van der Waals surface area (Å²) in [5, 5.41) is 15.4. The zero-order valence-electron chi connectivity index (χ0n) is 31.1. The summed E-state index contributed by atoms with van der Waals surface area (Å²) in [5.41, 5.74) is 14.9. The summed E-state index contributed by atoms with van der Waals surface area (Å²) in [6, 6.07) is 67.7. The lowest BCUT2D eigenvalue weighted by Crippen LogP contribution is -1.94. The van der Waals surface area contributed by atoms with Crippen LogP contribution in [0, 0.1) is 0 Å². The molecule has 0 saturated heterocycles. The van der Waals surface area contributed by atoms with Crippen LogP contribution in [0.5, 0.6) is 0 Å². The number of hydrogen-bond acceptors (Lipinski definition) is 0. The molecule has 0 fully saturated rings. The van der Waals surface area contributed by atoms with Crippen LogP contribution >= 0.6 is 0 Å². The van der Waals surface area contributed by atoms with Gasteiger partial charge in [-0.3, -0.25) is 0 Å². The normalized spacial score (nSPS) is 12.8. The molecule has 4 nitrogen and oxygen atoms in total. The fourth-order valence-electron chi connectivity index (χ4n) is 11.2. The summed E-state index contributed by atoms with van der Waals surface area (Å²) < 4.78 is 10.1. The summed E-state index contributed by atoms with van der Waals surface area (Å²) in [5.74, 6) is 0. The van der Waals surface area contributed by atoms with E-state index in [4.69, 9.17) is 0 Å². The Hall–Kier alpha value is -7.82. The van der Waals surface area contributed by atoms with Gasteiger partial charge in [0.1, 0.15) is 0 Å². The van der Waals surface area contributed by atoms with E-state index in [0.717, 1.165) is 0 Å². The maximum absolute atomic E-state index is 2.54. The van der Waals surface area contributed by atoms with Crippen molar-refractivity contribution in [1.82, 2.24) is 17.9 Å². The van der Waals surface area contributed by atoms with E-state index in [2.05, 4.69) is 200 Å². The fourth-order valence-corrected chi connectivity index (χ4v) is 11.2. The lowest BCUT2D eigenvalue weighted by molar-refractivity contribution is 1.20. The highest BCUT2D eigenvalue weighted by Gasteiger charge is 2.26. The average molecular weight is 735 g/mol. The summed E-state index contributed by atoms with van der Waals surface area (Å²) in [6.07, 6.45) is 0. The third kappa shape index (κ3) is 3.30. The maximum atomic E-state index is 2.54. The molecule has 0 unspecified atom stereocenters. The van der Waals surface area contributed by atoms with E-state index >= 15 is 0 Å². The Labute approximate surface area is 329 Å². The van der Waals surface area contributed by atoms with Crippen LogP contribution in [-0.2, 0) is 0 Å². The van der Waals surface area contributed by atoms with Crippen molar-refractivity contribution < 1.29 is 0 Å². The van der Waals surface area contributed by atoms with Gasteiger partial charge in [-0.1, -0.05) is 121 Å². The van der Waals surface area contributed by atoms with Crippen molar-refractivity contribution in [2.24, 2.45) is 0 Å². The Morgan fingerprint density at radius 3 is 0.897 bits per heavy atom. The lowest BCUT2D eigenvalue weighted by Gasteiger charge is -2.11. The zero-order chi connectivity index (χ0) is 37.4. The molecule has 0 N–H and O–H groups in total. The molecule has 0 atom stereocenters. The zero-order valence-corrected chi connectivity index (χ0v) is 31.1. The third-order valence-electron chi connectivity index (χ3n) is 13.4. The van der Waals surface area contributed by atoms with Crippen molar-refractivity contribution >= 4 is 120 Å². The molecule has 9 aromatic carbocycles. The van der Waals surface area contributed by atoms with Gasteiger partial charge in [-0.25, -0.2) is 0 Å². The Bertz CT molecular complexity index is 3880. The standard InChI is InChI=1S/C54H30N4/c1-7-19-41-31(13-1)32-14-2-8-20-42(32)55(41)47-27-25-35-39-29-50-40(30-49(39)57-45-23-11-5-17-37(45)51(47)53(35)57)36-26-28-48(52-38-18-6-12-24-46(38)58(50)54(36)52)56-43-21-9-3-15-33(43)34-16-4-10-22-44(34)56/h1-30H. The molecule has 6 heterocycles. The first-order valence-corrected chi connectivity index (χ1v) is 20.1. The highest BCUT2D eigenvalue weighted by molar-refractivity contribution is 6.31.